The van der Waals surface area contributed by atoms with Crippen molar-refractivity contribution in [3.05, 3.63) is 60.1 Å². The molecule has 7 heteroatoms. The van der Waals surface area contributed by atoms with Gasteiger partial charge in [-0.25, -0.2) is 4.98 Å². The van der Waals surface area contributed by atoms with Crippen LogP contribution in [0.15, 0.2) is 53.4 Å². The maximum Gasteiger partial charge on any atom is 0.250 e. The van der Waals surface area contributed by atoms with E-state index in [1.165, 1.54) is 13.1 Å². The number of allylic oxidation sites excluding steroid dienone is 1. The average Bonchev–Trinajstić information content (AvgIpc) is 3.40. The van der Waals surface area contributed by atoms with E-state index in [1.54, 1.807) is 6.26 Å². The molecule has 1 unspecified atom stereocenters. The number of furan rings is 1. The Balaban J connectivity index is 1.75. The van der Waals surface area contributed by atoms with Gasteiger partial charge in [0.1, 0.15) is 11.4 Å². The number of nitrogens with two attached hydrogens (primary N) is 1. The summed E-state index contributed by atoms with van der Waals surface area (Å²) in [5.74, 6) is 0.151. The van der Waals surface area contributed by atoms with Gasteiger partial charge >= 0.3 is 0 Å². The predicted octanol–water partition coefficient (Wildman–Crippen LogP) is 3.59. The molecule has 30 heavy (non-hydrogen) atoms. The number of fused-ring (bicyclic) bond motifs is 1. The Hall–Kier alpha value is -3.45. The third kappa shape index (κ3) is 3.71. The minimum atomic E-state index is -0.521. The third-order valence-corrected chi connectivity index (χ3v) is 5.55. The fraction of sp³-hybridized carbons (Fsp3) is 0.261. The topological polar surface area (TPSA) is 114 Å². The molecule has 1 aliphatic carbocycles. The zero-order valence-electron chi connectivity index (χ0n) is 16.8. The molecule has 7 nitrogen and oxygen atoms in total. The van der Waals surface area contributed by atoms with Gasteiger partial charge in [0.25, 0.3) is 5.91 Å². The molecule has 0 fully saturated rings. The number of hydrogen-bond donors (Lipinski definition) is 3. The number of ketones is 1. The number of aromatic nitrogens is 2. The minimum absolute atomic E-state index is 0.0173. The second-order valence-corrected chi connectivity index (χ2v) is 7.56. The van der Waals surface area contributed by atoms with Crippen LogP contribution in [0, 0.1) is 0 Å². The van der Waals surface area contributed by atoms with Crippen molar-refractivity contribution in [3.63, 3.8) is 0 Å². The summed E-state index contributed by atoms with van der Waals surface area (Å²) >= 11 is 0. The summed E-state index contributed by atoms with van der Waals surface area (Å²) in [4.78, 5) is 31.3. The Morgan fingerprint density at radius 1 is 1.43 bits per heavy atom. The summed E-state index contributed by atoms with van der Waals surface area (Å²) in [6, 6.07) is 3.85. The van der Waals surface area contributed by atoms with Crippen LogP contribution in [0.4, 0.5) is 0 Å². The van der Waals surface area contributed by atoms with E-state index in [-0.39, 0.29) is 11.8 Å². The molecule has 3 aromatic rings. The first kappa shape index (κ1) is 19.8. The third-order valence-electron chi connectivity index (χ3n) is 5.55. The lowest BCUT2D eigenvalue weighted by atomic mass is 9.86. The van der Waals surface area contributed by atoms with Crippen LogP contribution >= 0.6 is 0 Å². The molecule has 0 aromatic carbocycles. The van der Waals surface area contributed by atoms with Gasteiger partial charge < -0.3 is 20.5 Å². The number of aromatic amines is 1. The average molecular weight is 404 g/mol. The highest BCUT2D eigenvalue weighted by Gasteiger charge is 2.25. The number of H-pyrrole nitrogens is 1. The molecule has 1 atom stereocenters. The van der Waals surface area contributed by atoms with Crippen LogP contribution in [0.2, 0.25) is 0 Å². The normalized spacial score (nSPS) is 16.4. The fourth-order valence-corrected chi connectivity index (χ4v) is 3.92. The highest BCUT2D eigenvalue weighted by atomic mass is 16.3. The van der Waals surface area contributed by atoms with Gasteiger partial charge in [-0.15, -0.1) is 0 Å². The van der Waals surface area contributed by atoms with Crippen molar-refractivity contribution in [3.8, 4) is 11.3 Å². The molecule has 1 amide bonds. The number of rotatable bonds is 7. The zero-order chi connectivity index (χ0) is 21.3. The Bertz CT molecular complexity index is 1150. The lowest BCUT2D eigenvalue weighted by Crippen LogP contribution is -2.33. The molecule has 3 aromatic heterocycles. The highest BCUT2D eigenvalue weighted by Crippen LogP contribution is 2.38. The molecule has 1 aliphatic rings. The van der Waals surface area contributed by atoms with Crippen LogP contribution < -0.4 is 11.1 Å². The fourth-order valence-electron chi connectivity index (χ4n) is 3.92. The zero-order valence-corrected chi connectivity index (χ0v) is 16.8. The van der Waals surface area contributed by atoms with Crippen molar-refractivity contribution in [2.24, 2.45) is 5.73 Å². The van der Waals surface area contributed by atoms with Crippen molar-refractivity contribution in [2.75, 3.05) is 6.54 Å². The van der Waals surface area contributed by atoms with Crippen LogP contribution in [-0.2, 0) is 4.79 Å². The molecular formula is C23H24N4O3. The number of amides is 1. The first-order valence-electron chi connectivity index (χ1n) is 9.91. The van der Waals surface area contributed by atoms with Crippen LogP contribution in [0.25, 0.3) is 27.9 Å². The van der Waals surface area contributed by atoms with Crippen molar-refractivity contribution < 1.29 is 14.0 Å². The van der Waals surface area contributed by atoms with E-state index >= 15 is 0 Å². The molecule has 4 rings (SSSR count). The molecular weight excluding hydrogens is 380 g/mol. The summed E-state index contributed by atoms with van der Waals surface area (Å²) in [6.45, 7) is 5.78. The van der Waals surface area contributed by atoms with Crippen molar-refractivity contribution in [1.29, 1.82) is 0 Å². The van der Waals surface area contributed by atoms with Crippen molar-refractivity contribution >= 4 is 28.3 Å². The summed E-state index contributed by atoms with van der Waals surface area (Å²) in [5, 5.41) is 4.24. The van der Waals surface area contributed by atoms with Gasteiger partial charge in [0.2, 0.25) is 0 Å². The van der Waals surface area contributed by atoms with Gasteiger partial charge in [-0.3, -0.25) is 9.59 Å². The van der Waals surface area contributed by atoms with Gasteiger partial charge in [-0.1, -0.05) is 12.7 Å². The van der Waals surface area contributed by atoms with E-state index < -0.39 is 5.91 Å². The lowest BCUT2D eigenvalue weighted by molar-refractivity contribution is -0.113. The molecule has 4 N–H and O–H groups in total. The molecule has 0 aliphatic heterocycles. The van der Waals surface area contributed by atoms with E-state index in [4.69, 9.17) is 10.2 Å². The summed E-state index contributed by atoms with van der Waals surface area (Å²) < 4.78 is 5.60. The summed E-state index contributed by atoms with van der Waals surface area (Å²) in [7, 11) is 0. The van der Waals surface area contributed by atoms with Gasteiger partial charge in [0.15, 0.2) is 5.78 Å². The van der Waals surface area contributed by atoms with E-state index in [1.807, 2.05) is 18.3 Å². The molecule has 3 heterocycles. The standard InChI is InChI=1S/C23H24N4O3/c1-13(14(2)28)10-25-16-6-3-5-15(9-16)20-18(22(24)29)12-27-23-21(20)17(11-26-23)19-7-4-8-30-19/h4-5,7-8,11-12,16,25H,1,3,6,9-10H2,2H3,(H2,24,29)(H,26,27). The first-order valence-corrected chi connectivity index (χ1v) is 9.91. The SMILES string of the molecule is C=C(CNC1CCC=C(c2c(C(N)=O)cnc3[nH]cc(-c4ccco4)c23)C1)C(C)=O. The maximum atomic E-state index is 12.3. The van der Waals surface area contributed by atoms with E-state index in [9.17, 15) is 9.59 Å². The van der Waals surface area contributed by atoms with Gasteiger partial charge in [0.05, 0.1) is 11.8 Å². The number of carbonyl (C=O) groups is 2. The van der Waals surface area contributed by atoms with Gasteiger partial charge in [-0.05, 0) is 43.9 Å². The van der Waals surface area contributed by atoms with Crippen molar-refractivity contribution in [2.45, 2.75) is 32.2 Å². The second-order valence-electron chi connectivity index (χ2n) is 7.56. The number of pyridine rings is 1. The number of Topliss-reactive ketones (excluding diaryl/α,β-unsaturated/α-hetero) is 1. The smallest absolute Gasteiger partial charge is 0.250 e. The van der Waals surface area contributed by atoms with Gasteiger partial charge in [0, 0.05) is 47.1 Å². The first-order chi connectivity index (χ1) is 14.5. The van der Waals surface area contributed by atoms with Crippen LogP contribution in [0.3, 0.4) is 0 Å². The maximum absolute atomic E-state index is 12.3. The molecule has 0 spiro atoms. The Labute approximate surface area is 174 Å². The van der Waals surface area contributed by atoms with E-state index in [2.05, 4.69) is 27.9 Å². The summed E-state index contributed by atoms with van der Waals surface area (Å²) in [6.07, 6.45) is 9.61. The predicted molar refractivity (Wildman–Crippen MR) is 116 cm³/mol. The molecule has 0 radical (unpaired) electrons. The Morgan fingerprint density at radius 3 is 2.97 bits per heavy atom. The number of carbonyl (C=O) groups excluding carboxylic acids is 2. The number of nitrogens with zero attached hydrogens (tertiary/aromatic N) is 1. The molecule has 154 valence electrons. The monoisotopic (exact) mass is 404 g/mol. The largest absolute Gasteiger partial charge is 0.464 e. The highest BCUT2D eigenvalue weighted by molar-refractivity contribution is 6.09. The van der Waals surface area contributed by atoms with Crippen LogP contribution in [-0.4, -0.2) is 34.2 Å². The lowest BCUT2D eigenvalue weighted by Gasteiger charge is -2.25. The van der Waals surface area contributed by atoms with E-state index in [0.29, 0.717) is 35.5 Å². The second kappa shape index (κ2) is 8.12. The number of primary amides is 1. The summed E-state index contributed by atoms with van der Waals surface area (Å²) in [5.41, 5.74) is 9.97. The van der Waals surface area contributed by atoms with Crippen LogP contribution in [0.5, 0.6) is 0 Å². The van der Waals surface area contributed by atoms with Crippen LogP contribution in [0.1, 0.15) is 42.1 Å². The van der Waals surface area contributed by atoms with Gasteiger partial charge in [-0.2, -0.15) is 0 Å². The molecule has 0 bridgehead atoms. The Morgan fingerprint density at radius 2 is 2.27 bits per heavy atom. The molecule has 0 saturated heterocycles. The quantitative estimate of drug-likeness (QED) is 0.521. The Kier molecular flexibility index (Phi) is 5.37. The van der Waals surface area contributed by atoms with Crippen molar-refractivity contribution in [1.82, 2.24) is 15.3 Å². The van der Waals surface area contributed by atoms with E-state index in [0.717, 1.165) is 34.9 Å². The minimum Gasteiger partial charge on any atom is -0.464 e. The number of hydrogen-bond acceptors (Lipinski definition) is 5. The molecule has 0 saturated carbocycles. The number of nitrogens with one attached hydrogen (secondary N) is 2.